The van der Waals surface area contributed by atoms with Gasteiger partial charge in [-0.15, -0.1) is 0 Å². The number of hydroxylamine groups is 2. The van der Waals surface area contributed by atoms with Crippen LogP contribution in [0.3, 0.4) is 0 Å². The monoisotopic (exact) mass is 411 g/mol. The van der Waals surface area contributed by atoms with Crippen molar-refractivity contribution in [2.45, 2.75) is 25.8 Å². The molecule has 2 rings (SSSR count). The zero-order chi connectivity index (χ0) is 20.5. The van der Waals surface area contributed by atoms with Gasteiger partial charge in [-0.2, -0.15) is 5.10 Å². The van der Waals surface area contributed by atoms with E-state index in [-0.39, 0.29) is 17.0 Å². The summed E-state index contributed by atoms with van der Waals surface area (Å²) in [5.41, 5.74) is -1.52. The van der Waals surface area contributed by atoms with Crippen LogP contribution >= 0.6 is 11.6 Å². The van der Waals surface area contributed by atoms with Crippen LogP contribution in [-0.2, 0) is 18.3 Å². The van der Waals surface area contributed by atoms with Gasteiger partial charge in [0.25, 0.3) is 12.3 Å². The number of alkyl halides is 2. The van der Waals surface area contributed by atoms with Crippen LogP contribution in [0, 0.1) is 17.5 Å². The second-order valence-electron chi connectivity index (χ2n) is 5.72. The van der Waals surface area contributed by atoms with Crippen LogP contribution in [0.4, 0.5) is 22.0 Å². The van der Waals surface area contributed by atoms with Gasteiger partial charge in [0.2, 0.25) is 0 Å². The molecule has 1 aromatic heterocycles. The van der Waals surface area contributed by atoms with E-state index in [1.807, 2.05) is 0 Å². The molecule has 0 saturated heterocycles. The van der Waals surface area contributed by atoms with E-state index in [1.165, 1.54) is 14.0 Å². The molecule has 1 heterocycles. The summed E-state index contributed by atoms with van der Waals surface area (Å²) in [5.74, 6) is -5.60. The van der Waals surface area contributed by atoms with E-state index >= 15 is 0 Å². The van der Waals surface area contributed by atoms with E-state index in [4.69, 9.17) is 16.4 Å². The minimum Gasteiger partial charge on any atom is -0.275 e. The van der Waals surface area contributed by atoms with Crippen LogP contribution in [0.15, 0.2) is 12.3 Å². The first-order valence-corrected chi connectivity index (χ1v) is 7.97. The molecule has 0 fully saturated rings. The van der Waals surface area contributed by atoms with Crippen molar-refractivity contribution in [1.82, 2.24) is 14.8 Å². The Hall–Kier alpha value is -2.20. The SMILES string of the molecule is CON(C(=O)c1cn(C)nc1C(F)F)C(C)Cc1c(Cl)cc(F)c(F)c1F. The molecule has 1 aromatic carbocycles. The molecule has 0 saturated carbocycles. The van der Waals surface area contributed by atoms with Crippen molar-refractivity contribution in [1.29, 1.82) is 0 Å². The van der Waals surface area contributed by atoms with E-state index in [9.17, 15) is 26.7 Å². The van der Waals surface area contributed by atoms with Crippen LogP contribution in [-0.4, -0.2) is 33.9 Å². The maximum Gasteiger partial charge on any atom is 0.282 e. The molecule has 0 aliphatic rings. The van der Waals surface area contributed by atoms with Gasteiger partial charge in [-0.05, 0) is 19.4 Å². The summed E-state index contributed by atoms with van der Waals surface area (Å²) in [6.07, 6.45) is -2.27. The number of aromatic nitrogens is 2. The first kappa shape index (κ1) is 21.1. The summed E-state index contributed by atoms with van der Waals surface area (Å²) >= 11 is 5.76. The second kappa shape index (κ2) is 8.22. The minimum atomic E-state index is -3.00. The van der Waals surface area contributed by atoms with Gasteiger partial charge in [0, 0.05) is 23.8 Å². The Morgan fingerprint density at radius 1 is 1.33 bits per heavy atom. The lowest BCUT2D eigenvalue weighted by Crippen LogP contribution is -2.39. The molecule has 0 bridgehead atoms. The molecule has 27 heavy (non-hydrogen) atoms. The van der Waals surface area contributed by atoms with Gasteiger partial charge in [-0.25, -0.2) is 27.0 Å². The predicted molar refractivity (Wildman–Crippen MR) is 85.8 cm³/mol. The Labute approximate surface area is 156 Å². The minimum absolute atomic E-state index is 0.355. The van der Waals surface area contributed by atoms with Gasteiger partial charge in [-0.1, -0.05) is 11.6 Å². The quantitative estimate of drug-likeness (QED) is 0.312. The molecule has 0 aliphatic carbocycles. The van der Waals surface area contributed by atoms with Crippen LogP contribution in [0.5, 0.6) is 0 Å². The fraction of sp³-hybridized carbons (Fsp3) is 0.375. The molecular formula is C16H15ClF5N3O2. The number of nitrogens with zero attached hydrogens (tertiary/aromatic N) is 3. The molecule has 11 heteroatoms. The third kappa shape index (κ3) is 4.22. The summed E-state index contributed by atoms with van der Waals surface area (Å²) < 4.78 is 67.8. The predicted octanol–water partition coefficient (Wildman–Crippen LogP) is 4.06. The van der Waals surface area contributed by atoms with Gasteiger partial charge in [0.1, 0.15) is 5.69 Å². The number of carbonyl (C=O) groups excluding carboxylic acids is 1. The molecule has 148 valence electrons. The Morgan fingerprint density at radius 3 is 2.52 bits per heavy atom. The molecule has 1 unspecified atom stereocenters. The average molecular weight is 412 g/mol. The summed E-state index contributed by atoms with van der Waals surface area (Å²) in [5, 5.41) is 3.86. The lowest BCUT2D eigenvalue weighted by atomic mass is 10.0. The van der Waals surface area contributed by atoms with Gasteiger partial charge in [0.05, 0.1) is 18.7 Å². The number of amides is 1. The van der Waals surface area contributed by atoms with E-state index in [0.717, 1.165) is 18.0 Å². The fourth-order valence-electron chi connectivity index (χ4n) is 2.58. The molecule has 1 amide bonds. The molecule has 2 aromatic rings. The highest BCUT2D eigenvalue weighted by Gasteiger charge is 2.30. The van der Waals surface area contributed by atoms with Crippen molar-refractivity contribution < 1.29 is 31.6 Å². The van der Waals surface area contributed by atoms with Gasteiger partial charge in [-0.3, -0.25) is 14.3 Å². The number of rotatable bonds is 6. The third-order valence-corrected chi connectivity index (χ3v) is 4.14. The van der Waals surface area contributed by atoms with E-state index in [1.54, 1.807) is 0 Å². The Balaban J connectivity index is 2.33. The highest BCUT2D eigenvalue weighted by molar-refractivity contribution is 6.31. The second-order valence-corrected chi connectivity index (χ2v) is 6.12. The number of carbonyl (C=O) groups is 1. The van der Waals surface area contributed by atoms with E-state index in [2.05, 4.69) is 5.10 Å². The third-order valence-electron chi connectivity index (χ3n) is 3.80. The number of hydrogen-bond donors (Lipinski definition) is 0. The molecule has 5 nitrogen and oxygen atoms in total. The van der Waals surface area contributed by atoms with Crippen LogP contribution in [0.25, 0.3) is 0 Å². The zero-order valence-electron chi connectivity index (χ0n) is 14.4. The van der Waals surface area contributed by atoms with Crippen molar-refractivity contribution in [3.05, 3.63) is 51.6 Å². The number of hydrogen-bond acceptors (Lipinski definition) is 3. The lowest BCUT2D eigenvalue weighted by Gasteiger charge is -2.27. The topological polar surface area (TPSA) is 47.4 Å². The van der Waals surface area contributed by atoms with Crippen molar-refractivity contribution >= 4 is 17.5 Å². The molecule has 1 atom stereocenters. The van der Waals surface area contributed by atoms with Gasteiger partial charge < -0.3 is 0 Å². The summed E-state index contributed by atoms with van der Waals surface area (Å²) in [4.78, 5) is 17.5. The van der Waals surface area contributed by atoms with Crippen molar-refractivity contribution in [2.24, 2.45) is 7.05 Å². The Kier molecular flexibility index (Phi) is 6.42. The fourth-order valence-corrected chi connectivity index (χ4v) is 2.84. The maximum atomic E-state index is 14.0. The highest BCUT2D eigenvalue weighted by atomic mass is 35.5. The van der Waals surface area contributed by atoms with Crippen molar-refractivity contribution in [2.75, 3.05) is 7.11 Å². The van der Waals surface area contributed by atoms with E-state index in [0.29, 0.717) is 11.1 Å². The average Bonchev–Trinajstić information content (AvgIpc) is 2.99. The summed E-state index contributed by atoms with van der Waals surface area (Å²) in [7, 11) is 2.47. The van der Waals surface area contributed by atoms with Crippen LogP contribution < -0.4 is 0 Å². The zero-order valence-corrected chi connectivity index (χ0v) is 15.2. The maximum absolute atomic E-state index is 14.0. The summed E-state index contributed by atoms with van der Waals surface area (Å²) in [6.45, 7) is 1.40. The summed E-state index contributed by atoms with van der Waals surface area (Å²) in [6, 6.07) is -0.345. The number of benzene rings is 1. The first-order valence-electron chi connectivity index (χ1n) is 7.59. The Bertz CT molecular complexity index is 859. The van der Waals surface area contributed by atoms with Gasteiger partial charge in [0.15, 0.2) is 17.5 Å². The van der Waals surface area contributed by atoms with Crippen LogP contribution in [0.2, 0.25) is 5.02 Å². The van der Waals surface area contributed by atoms with Crippen LogP contribution in [0.1, 0.15) is 35.0 Å². The smallest absolute Gasteiger partial charge is 0.275 e. The van der Waals surface area contributed by atoms with Crippen molar-refractivity contribution in [3.63, 3.8) is 0 Å². The normalized spacial score (nSPS) is 12.5. The first-order chi connectivity index (χ1) is 12.6. The molecule has 0 spiro atoms. The molecular weight excluding hydrogens is 397 g/mol. The van der Waals surface area contributed by atoms with Gasteiger partial charge >= 0.3 is 0 Å². The lowest BCUT2D eigenvalue weighted by molar-refractivity contribution is -0.119. The number of aryl methyl sites for hydroxylation is 1. The standard InChI is InChI=1S/C16H15ClF5N3O2/c1-7(4-8-10(17)5-11(18)13(20)12(8)19)25(27-3)16(26)9-6-24(2)23-14(9)15(21)22/h5-7,15H,4H2,1-3H3. The largest absolute Gasteiger partial charge is 0.282 e. The highest BCUT2D eigenvalue weighted by Crippen LogP contribution is 2.28. The molecule has 0 aliphatic heterocycles. The number of halogens is 6. The van der Waals surface area contributed by atoms with Crippen molar-refractivity contribution in [3.8, 4) is 0 Å². The Morgan fingerprint density at radius 2 is 1.96 bits per heavy atom. The molecule has 0 N–H and O–H groups in total. The molecule has 0 radical (unpaired) electrons. The van der Waals surface area contributed by atoms with E-state index < -0.39 is 47.1 Å².